The van der Waals surface area contributed by atoms with Gasteiger partial charge in [0.05, 0.1) is 5.39 Å². The number of fused-ring (bicyclic) bond motifs is 1. The summed E-state index contributed by atoms with van der Waals surface area (Å²) in [4.78, 5) is 25.4. The highest BCUT2D eigenvalue weighted by Gasteiger charge is 2.24. The van der Waals surface area contributed by atoms with E-state index < -0.39 is 0 Å². The van der Waals surface area contributed by atoms with E-state index in [-0.39, 0.29) is 5.91 Å². The Kier molecular flexibility index (Phi) is 5.07. The van der Waals surface area contributed by atoms with E-state index in [2.05, 4.69) is 45.5 Å². The monoisotopic (exact) mass is 380 g/mol. The molecule has 6 heteroatoms. The third kappa shape index (κ3) is 3.95. The summed E-state index contributed by atoms with van der Waals surface area (Å²) < 4.78 is 0. The van der Waals surface area contributed by atoms with Crippen LogP contribution in [-0.4, -0.2) is 35.5 Å². The Bertz CT molecular complexity index is 953. The molecule has 4 rings (SSSR count). The molecule has 0 bridgehead atoms. The van der Waals surface area contributed by atoms with E-state index in [9.17, 15) is 4.79 Å². The summed E-state index contributed by atoms with van der Waals surface area (Å²) in [7, 11) is 0. The van der Waals surface area contributed by atoms with Crippen LogP contribution in [0.25, 0.3) is 20.7 Å². The molecular weight excluding hydrogens is 356 g/mol. The van der Waals surface area contributed by atoms with Crippen LogP contribution in [0.5, 0.6) is 0 Å². The summed E-state index contributed by atoms with van der Waals surface area (Å²) in [5, 5.41) is 4.09. The van der Waals surface area contributed by atoms with E-state index in [1.54, 1.807) is 18.3 Å². The van der Waals surface area contributed by atoms with Crippen molar-refractivity contribution in [3.8, 4) is 10.4 Å². The molecule has 1 fully saturated rings. The lowest BCUT2D eigenvalue weighted by atomic mass is 9.97. The fourth-order valence-corrected chi connectivity index (χ4v) is 4.78. The van der Waals surface area contributed by atoms with Crippen LogP contribution in [0.1, 0.15) is 25.6 Å². The molecule has 1 amide bonds. The van der Waals surface area contributed by atoms with Gasteiger partial charge in [0.15, 0.2) is 0 Å². The second kappa shape index (κ2) is 7.64. The molecule has 1 atom stereocenters. The summed E-state index contributed by atoms with van der Waals surface area (Å²) >= 11 is 1.72. The Morgan fingerprint density at radius 3 is 2.89 bits per heavy atom. The first kappa shape index (κ1) is 17.9. The Morgan fingerprint density at radius 1 is 1.30 bits per heavy atom. The summed E-state index contributed by atoms with van der Waals surface area (Å²) in [6, 6.07) is 12.7. The van der Waals surface area contributed by atoms with Crippen molar-refractivity contribution < 1.29 is 4.79 Å². The van der Waals surface area contributed by atoms with Gasteiger partial charge in [0.1, 0.15) is 16.5 Å². The summed E-state index contributed by atoms with van der Waals surface area (Å²) in [6.07, 6.45) is 2.26. The number of aromatic nitrogens is 2. The van der Waals surface area contributed by atoms with Gasteiger partial charge in [0.2, 0.25) is 5.91 Å². The van der Waals surface area contributed by atoms with Crippen molar-refractivity contribution in [2.45, 2.75) is 26.7 Å². The third-order valence-corrected chi connectivity index (χ3v) is 6.08. The number of aryl methyl sites for hydroxylation is 1. The van der Waals surface area contributed by atoms with Crippen LogP contribution >= 0.6 is 11.3 Å². The molecule has 0 spiro atoms. The van der Waals surface area contributed by atoms with Crippen molar-refractivity contribution in [3.05, 3.63) is 42.2 Å². The molecule has 1 aliphatic heterocycles. The minimum atomic E-state index is 0.0396. The normalized spacial score (nSPS) is 17.3. The van der Waals surface area contributed by atoms with Gasteiger partial charge in [0, 0.05) is 31.4 Å². The summed E-state index contributed by atoms with van der Waals surface area (Å²) in [5.41, 5.74) is 1.21. The molecule has 3 heterocycles. The Morgan fingerprint density at radius 2 is 2.11 bits per heavy atom. The first-order chi connectivity index (χ1) is 13.1. The average molecular weight is 381 g/mol. The van der Waals surface area contributed by atoms with Crippen molar-refractivity contribution in [1.82, 2.24) is 15.3 Å². The molecule has 1 saturated heterocycles. The number of rotatable bonds is 4. The highest BCUT2D eigenvalue weighted by molar-refractivity contribution is 7.21. The van der Waals surface area contributed by atoms with E-state index >= 15 is 0 Å². The quantitative estimate of drug-likeness (QED) is 0.743. The van der Waals surface area contributed by atoms with Crippen LogP contribution in [0.15, 0.2) is 36.4 Å². The molecule has 27 heavy (non-hydrogen) atoms. The minimum Gasteiger partial charge on any atom is -0.356 e. The van der Waals surface area contributed by atoms with Gasteiger partial charge < -0.3 is 10.2 Å². The predicted octanol–water partition coefficient (Wildman–Crippen LogP) is 4.02. The van der Waals surface area contributed by atoms with Gasteiger partial charge in [-0.25, -0.2) is 9.97 Å². The zero-order valence-electron chi connectivity index (χ0n) is 15.7. The number of amides is 1. The molecule has 1 aromatic carbocycles. The van der Waals surface area contributed by atoms with Gasteiger partial charge in [-0.1, -0.05) is 30.3 Å². The zero-order chi connectivity index (χ0) is 18.8. The Labute approximate surface area is 163 Å². The van der Waals surface area contributed by atoms with Gasteiger partial charge in [0.25, 0.3) is 0 Å². The maximum absolute atomic E-state index is 11.3. The van der Waals surface area contributed by atoms with Crippen molar-refractivity contribution in [1.29, 1.82) is 0 Å². The van der Waals surface area contributed by atoms with Crippen LogP contribution in [0.2, 0.25) is 0 Å². The molecule has 1 unspecified atom stereocenters. The van der Waals surface area contributed by atoms with Crippen molar-refractivity contribution in [2.75, 3.05) is 24.5 Å². The second-order valence-corrected chi connectivity index (χ2v) is 8.21. The van der Waals surface area contributed by atoms with Crippen molar-refractivity contribution in [2.24, 2.45) is 5.92 Å². The van der Waals surface area contributed by atoms with E-state index in [0.717, 1.165) is 54.3 Å². The van der Waals surface area contributed by atoms with Gasteiger partial charge in [-0.3, -0.25) is 4.79 Å². The summed E-state index contributed by atoms with van der Waals surface area (Å²) in [5.74, 6) is 2.34. The molecule has 0 aliphatic carbocycles. The van der Waals surface area contributed by atoms with Crippen molar-refractivity contribution in [3.63, 3.8) is 0 Å². The van der Waals surface area contributed by atoms with Crippen LogP contribution in [0.4, 0.5) is 5.82 Å². The number of hydrogen-bond donors (Lipinski definition) is 1. The number of piperidine rings is 1. The first-order valence-corrected chi connectivity index (χ1v) is 10.2. The van der Waals surface area contributed by atoms with E-state index in [1.807, 2.05) is 13.0 Å². The van der Waals surface area contributed by atoms with Crippen molar-refractivity contribution >= 4 is 33.3 Å². The molecule has 140 valence electrons. The lowest BCUT2D eigenvalue weighted by Crippen LogP contribution is -2.41. The highest BCUT2D eigenvalue weighted by atomic mass is 32.1. The Hall–Kier alpha value is -2.47. The predicted molar refractivity (Wildman–Crippen MR) is 111 cm³/mol. The number of carbonyl (C=O) groups is 1. The number of benzene rings is 1. The molecule has 1 aliphatic rings. The number of nitrogens with one attached hydrogen (secondary N) is 1. The average Bonchev–Trinajstić information content (AvgIpc) is 3.10. The molecule has 0 radical (unpaired) electrons. The smallest absolute Gasteiger partial charge is 0.216 e. The zero-order valence-corrected chi connectivity index (χ0v) is 16.6. The molecule has 5 nitrogen and oxygen atoms in total. The van der Waals surface area contributed by atoms with Crippen LogP contribution < -0.4 is 10.2 Å². The number of anilines is 1. The van der Waals surface area contributed by atoms with Gasteiger partial charge in [-0.2, -0.15) is 0 Å². The largest absolute Gasteiger partial charge is 0.356 e. The Balaban J connectivity index is 1.66. The number of carbonyl (C=O) groups excluding carboxylic acids is 1. The number of hydrogen-bond acceptors (Lipinski definition) is 5. The summed E-state index contributed by atoms with van der Waals surface area (Å²) in [6.45, 7) is 6.19. The topological polar surface area (TPSA) is 58.1 Å². The molecule has 1 N–H and O–H groups in total. The molecule has 0 saturated carbocycles. The highest BCUT2D eigenvalue weighted by Crippen LogP contribution is 2.37. The van der Waals surface area contributed by atoms with Crippen LogP contribution in [-0.2, 0) is 4.79 Å². The van der Waals surface area contributed by atoms with E-state index in [4.69, 9.17) is 4.98 Å². The number of thiophene rings is 1. The maximum Gasteiger partial charge on any atom is 0.216 e. The fraction of sp³-hybridized carbons (Fsp3) is 0.381. The molecular formula is C21H24N4OS. The van der Waals surface area contributed by atoms with Crippen LogP contribution in [0.3, 0.4) is 0 Å². The second-order valence-electron chi connectivity index (χ2n) is 7.18. The first-order valence-electron chi connectivity index (χ1n) is 9.43. The van der Waals surface area contributed by atoms with Gasteiger partial charge >= 0.3 is 0 Å². The molecule has 2 aromatic heterocycles. The SMILES string of the molecule is CC(=O)NCC1CCCN(c2nc(C)nc3sc(-c4ccccc4)cc23)C1. The standard InChI is InChI=1S/C21H24N4OS/c1-14-23-20(25-10-6-7-16(13-25)12-22-15(2)26)18-11-19(27-21(18)24-14)17-8-4-3-5-9-17/h3-5,8-9,11,16H,6-7,10,12-13H2,1-2H3,(H,22,26). The van der Waals surface area contributed by atoms with Crippen LogP contribution in [0, 0.1) is 12.8 Å². The third-order valence-electron chi connectivity index (χ3n) is 5.00. The van der Waals surface area contributed by atoms with Gasteiger partial charge in [-0.05, 0) is 37.3 Å². The lowest BCUT2D eigenvalue weighted by molar-refractivity contribution is -0.119. The maximum atomic E-state index is 11.3. The minimum absolute atomic E-state index is 0.0396. The van der Waals surface area contributed by atoms with E-state index in [1.165, 1.54) is 10.4 Å². The van der Waals surface area contributed by atoms with Gasteiger partial charge in [-0.15, -0.1) is 11.3 Å². The fourth-order valence-electron chi connectivity index (χ4n) is 3.71. The lowest BCUT2D eigenvalue weighted by Gasteiger charge is -2.34. The molecule has 3 aromatic rings. The van der Waals surface area contributed by atoms with E-state index in [0.29, 0.717) is 5.92 Å². The number of nitrogens with zero attached hydrogens (tertiary/aromatic N) is 3.